The summed E-state index contributed by atoms with van der Waals surface area (Å²) in [5.41, 5.74) is 3.76. The summed E-state index contributed by atoms with van der Waals surface area (Å²) in [5, 5.41) is 7.42. The number of aromatic amines is 1. The summed E-state index contributed by atoms with van der Waals surface area (Å²) in [4.78, 5) is 0. The lowest BCUT2D eigenvalue weighted by atomic mass is 10.1. The van der Waals surface area contributed by atoms with E-state index in [1.807, 2.05) is 0 Å². The van der Waals surface area contributed by atoms with Crippen molar-refractivity contribution in [1.82, 2.24) is 10.2 Å². The van der Waals surface area contributed by atoms with E-state index < -0.39 is 0 Å². The second-order valence-electron chi connectivity index (χ2n) is 4.45. The zero-order valence-electron chi connectivity index (χ0n) is 9.90. The predicted molar refractivity (Wildman–Crippen MR) is 66.5 cm³/mol. The third-order valence-corrected chi connectivity index (χ3v) is 2.79. The zero-order valence-corrected chi connectivity index (χ0v) is 9.90. The molecule has 0 aliphatic carbocycles. The first-order valence-electron chi connectivity index (χ1n) is 5.84. The van der Waals surface area contributed by atoms with Crippen LogP contribution in [-0.2, 0) is 12.8 Å². The number of nitrogens with zero attached hydrogens (tertiary/aromatic N) is 1. The Bertz CT molecular complexity index is 429. The lowest BCUT2D eigenvalue weighted by Gasteiger charge is -1.98. The molecule has 0 saturated heterocycles. The number of nitrogens with one attached hydrogen (secondary N) is 1. The fraction of sp³-hybridized carbons (Fsp3) is 0.357. The molecule has 0 saturated carbocycles. The van der Waals surface area contributed by atoms with Crippen LogP contribution in [0.2, 0.25) is 0 Å². The fourth-order valence-electron chi connectivity index (χ4n) is 1.72. The van der Waals surface area contributed by atoms with Crippen molar-refractivity contribution in [1.29, 1.82) is 0 Å². The summed E-state index contributed by atoms with van der Waals surface area (Å²) >= 11 is 0. The highest BCUT2D eigenvalue weighted by Gasteiger charge is 2.04. The third-order valence-electron chi connectivity index (χ3n) is 2.79. The van der Waals surface area contributed by atoms with Crippen LogP contribution in [0.3, 0.4) is 0 Å². The maximum atomic E-state index is 4.33. The van der Waals surface area contributed by atoms with E-state index in [2.05, 4.69) is 60.4 Å². The largest absolute Gasteiger partial charge is 0.282 e. The first-order chi connectivity index (χ1) is 7.75. The van der Waals surface area contributed by atoms with Gasteiger partial charge in [0.2, 0.25) is 0 Å². The highest BCUT2D eigenvalue weighted by atomic mass is 15.1. The molecular formula is C14H18N2. The summed E-state index contributed by atoms with van der Waals surface area (Å²) < 4.78 is 0. The minimum atomic E-state index is 0.526. The van der Waals surface area contributed by atoms with Crippen LogP contribution in [0.5, 0.6) is 0 Å². The number of aromatic nitrogens is 2. The molecule has 0 radical (unpaired) electrons. The van der Waals surface area contributed by atoms with Crippen LogP contribution in [0.25, 0.3) is 0 Å². The molecule has 1 heterocycles. The van der Waals surface area contributed by atoms with Crippen LogP contribution in [0.15, 0.2) is 36.4 Å². The van der Waals surface area contributed by atoms with Crippen molar-refractivity contribution in [3.05, 3.63) is 53.3 Å². The highest BCUT2D eigenvalue weighted by molar-refractivity contribution is 5.18. The molecule has 0 atom stereocenters. The normalized spacial score (nSPS) is 10.9. The van der Waals surface area contributed by atoms with Gasteiger partial charge in [0, 0.05) is 5.69 Å². The van der Waals surface area contributed by atoms with Crippen LogP contribution < -0.4 is 0 Å². The SMILES string of the molecule is CC(C)c1cc(CCc2ccccc2)n[nH]1. The van der Waals surface area contributed by atoms with E-state index in [1.54, 1.807) is 0 Å². The monoisotopic (exact) mass is 214 g/mol. The maximum absolute atomic E-state index is 4.33. The van der Waals surface area contributed by atoms with Gasteiger partial charge in [0.25, 0.3) is 0 Å². The Labute approximate surface area is 96.7 Å². The van der Waals surface area contributed by atoms with E-state index in [0.29, 0.717) is 5.92 Å². The standard InChI is InChI=1S/C14H18N2/c1-11(2)14-10-13(15-16-14)9-8-12-6-4-3-5-7-12/h3-7,10-11H,8-9H2,1-2H3,(H,15,16). The van der Waals surface area contributed by atoms with E-state index in [9.17, 15) is 0 Å². The molecule has 1 aromatic carbocycles. The first kappa shape index (κ1) is 10.9. The number of H-pyrrole nitrogens is 1. The predicted octanol–water partition coefficient (Wildman–Crippen LogP) is 3.32. The van der Waals surface area contributed by atoms with Gasteiger partial charge in [-0.2, -0.15) is 5.10 Å². The molecule has 0 spiro atoms. The quantitative estimate of drug-likeness (QED) is 0.831. The summed E-state index contributed by atoms with van der Waals surface area (Å²) in [6.07, 6.45) is 2.07. The Morgan fingerprint density at radius 3 is 2.50 bits per heavy atom. The lowest BCUT2D eigenvalue weighted by molar-refractivity contribution is 0.806. The number of aryl methyl sites for hydroxylation is 2. The Morgan fingerprint density at radius 2 is 1.88 bits per heavy atom. The van der Waals surface area contributed by atoms with Gasteiger partial charge in [0.05, 0.1) is 5.69 Å². The number of rotatable bonds is 4. The molecule has 2 aromatic rings. The van der Waals surface area contributed by atoms with Crippen molar-refractivity contribution in [3.63, 3.8) is 0 Å². The van der Waals surface area contributed by atoms with E-state index >= 15 is 0 Å². The summed E-state index contributed by atoms with van der Waals surface area (Å²) in [7, 11) is 0. The molecule has 0 aliphatic heterocycles. The topological polar surface area (TPSA) is 28.7 Å². The molecule has 0 amide bonds. The molecule has 0 fully saturated rings. The van der Waals surface area contributed by atoms with Gasteiger partial charge in [0.1, 0.15) is 0 Å². The molecule has 0 aliphatic rings. The molecule has 1 N–H and O–H groups in total. The Morgan fingerprint density at radius 1 is 1.12 bits per heavy atom. The third kappa shape index (κ3) is 2.72. The fourth-order valence-corrected chi connectivity index (χ4v) is 1.72. The zero-order chi connectivity index (χ0) is 11.4. The van der Waals surface area contributed by atoms with Gasteiger partial charge in [-0.25, -0.2) is 0 Å². The van der Waals surface area contributed by atoms with Crippen molar-refractivity contribution in [2.24, 2.45) is 0 Å². The van der Waals surface area contributed by atoms with E-state index in [1.165, 1.54) is 11.3 Å². The summed E-state index contributed by atoms with van der Waals surface area (Å²) in [6, 6.07) is 12.7. The second-order valence-corrected chi connectivity index (χ2v) is 4.45. The number of hydrogen-bond donors (Lipinski definition) is 1. The van der Waals surface area contributed by atoms with E-state index in [0.717, 1.165) is 18.5 Å². The molecule has 2 nitrogen and oxygen atoms in total. The molecule has 16 heavy (non-hydrogen) atoms. The smallest absolute Gasteiger partial charge is 0.0628 e. The van der Waals surface area contributed by atoms with Gasteiger partial charge in [-0.15, -0.1) is 0 Å². The van der Waals surface area contributed by atoms with Crippen molar-refractivity contribution in [2.75, 3.05) is 0 Å². The van der Waals surface area contributed by atoms with Crippen LogP contribution in [0.4, 0.5) is 0 Å². The highest BCUT2D eigenvalue weighted by Crippen LogP contribution is 2.13. The second kappa shape index (κ2) is 4.97. The lowest BCUT2D eigenvalue weighted by Crippen LogP contribution is -1.90. The van der Waals surface area contributed by atoms with E-state index in [-0.39, 0.29) is 0 Å². The van der Waals surface area contributed by atoms with E-state index in [4.69, 9.17) is 0 Å². The van der Waals surface area contributed by atoms with Gasteiger partial charge in [-0.3, -0.25) is 5.10 Å². The molecule has 0 bridgehead atoms. The first-order valence-corrected chi connectivity index (χ1v) is 5.84. The Kier molecular flexibility index (Phi) is 3.40. The van der Waals surface area contributed by atoms with Gasteiger partial charge in [0.15, 0.2) is 0 Å². The number of hydrogen-bond acceptors (Lipinski definition) is 1. The van der Waals surface area contributed by atoms with Crippen molar-refractivity contribution < 1.29 is 0 Å². The van der Waals surface area contributed by atoms with Crippen molar-refractivity contribution >= 4 is 0 Å². The van der Waals surface area contributed by atoms with Crippen LogP contribution >= 0.6 is 0 Å². The average molecular weight is 214 g/mol. The van der Waals surface area contributed by atoms with Crippen molar-refractivity contribution in [2.45, 2.75) is 32.6 Å². The molecule has 2 rings (SSSR count). The minimum Gasteiger partial charge on any atom is -0.282 e. The molecule has 2 heteroatoms. The Hall–Kier alpha value is -1.57. The summed E-state index contributed by atoms with van der Waals surface area (Å²) in [6.45, 7) is 4.35. The van der Waals surface area contributed by atoms with Crippen LogP contribution in [0.1, 0.15) is 36.7 Å². The Balaban J connectivity index is 1.95. The number of benzene rings is 1. The summed E-state index contributed by atoms with van der Waals surface area (Å²) in [5.74, 6) is 0.526. The molecule has 84 valence electrons. The van der Waals surface area contributed by atoms with Crippen LogP contribution in [-0.4, -0.2) is 10.2 Å². The van der Waals surface area contributed by atoms with Gasteiger partial charge >= 0.3 is 0 Å². The maximum Gasteiger partial charge on any atom is 0.0628 e. The average Bonchev–Trinajstić information content (AvgIpc) is 2.76. The van der Waals surface area contributed by atoms with Crippen molar-refractivity contribution in [3.8, 4) is 0 Å². The molecule has 0 unspecified atom stereocenters. The van der Waals surface area contributed by atoms with Crippen LogP contribution in [0, 0.1) is 0 Å². The molecule has 1 aromatic heterocycles. The van der Waals surface area contributed by atoms with Gasteiger partial charge < -0.3 is 0 Å². The minimum absolute atomic E-state index is 0.526. The van der Waals surface area contributed by atoms with Gasteiger partial charge in [-0.05, 0) is 30.4 Å². The molecular weight excluding hydrogens is 196 g/mol. The van der Waals surface area contributed by atoms with Gasteiger partial charge in [-0.1, -0.05) is 44.2 Å².